The fourth-order valence-corrected chi connectivity index (χ4v) is 2.21. The van der Waals surface area contributed by atoms with Gasteiger partial charge in [-0.1, -0.05) is 6.92 Å². The number of carbonyl (C=O) groups excluding carboxylic acids is 1. The van der Waals surface area contributed by atoms with Gasteiger partial charge >= 0.3 is 0 Å². The van der Waals surface area contributed by atoms with Gasteiger partial charge in [0.1, 0.15) is 0 Å². The molecule has 5 nitrogen and oxygen atoms in total. The summed E-state index contributed by atoms with van der Waals surface area (Å²) in [5.41, 5.74) is 2.17. The lowest BCUT2D eigenvalue weighted by Gasteiger charge is -2.36. The van der Waals surface area contributed by atoms with Gasteiger partial charge in [0.2, 0.25) is 5.91 Å². The number of likely N-dealkylation sites (tertiary alicyclic amines) is 1. The Morgan fingerprint density at radius 3 is 2.62 bits per heavy atom. The Morgan fingerprint density at radius 2 is 2.12 bits per heavy atom. The van der Waals surface area contributed by atoms with E-state index in [1.165, 1.54) is 25.9 Å². The van der Waals surface area contributed by atoms with Crippen molar-refractivity contribution in [3.8, 4) is 0 Å². The lowest BCUT2D eigenvalue weighted by molar-refractivity contribution is -0.121. The van der Waals surface area contributed by atoms with Crippen molar-refractivity contribution < 1.29 is 4.79 Å². The van der Waals surface area contributed by atoms with Gasteiger partial charge in [0.25, 0.3) is 0 Å². The number of nitrogens with one attached hydrogen (secondary N) is 1. The zero-order chi connectivity index (χ0) is 12.0. The number of piperidine rings is 1. The normalized spacial score (nSPS) is 19.0. The molecule has 5 heteroatoms. The third kappa shape index (κ3) is 4.08. The minimum atomic E-state index is -0.0853. The highest BCUT2D eigenvalue weighted by Gasteiger charge is 2.21. The third-order valence-electron chi connectivity index (χ3n) is 3.48. The van der Waals surface area contributed by atoms with Crippen molar-refractivity contribution in [2.75, 3.05) is 33.2 Å². The average Bonchev–Trinajstić information content (AvgIpc) is 2.35. The largest absolute Gasteiger partial charge is 0.303 e. The summed E-state index contributed by atoms with van der Waals surface area (Å²) in [6.07, 6.45) is 2.89. The van der Waals surface area contributed by atoms with Crippen LogP contribution in [-0.2, 0) is 4.79 Å². The first kappa shape index (κ1) is 13.4. The topological polar surface area (TPSA) is 61.6 Å². The smallest absolute Gasteiger partial charge is 0.235 e. The molecule has 94 valence electrons. The monoisotopic (exact) mass is 228 g/mol. The van der Waals surface area contributed by atoms with E-state index in [2.05, 4.69) is 29.2 Å². The standard InChI is InChI=1S/C11H24N4O/c1-3-15-8-4-10(5-9-15)14(2)7-6-11(16)13-12/h10H,3-9,12H2,1-2H3,(H,13,16). The molecule has 1 amide bonds. The zero-order valence-corrected chi connectivity index (χ0v) is 10.4. The summed E-state index contributed by atoms with van der Waals surface area (Å²) >= 11 is 0. The second-order valence-electron chi connectivity index (χ2n) is 4.46. The SMILES string of the molecule is CCN1CCC(N(C)CCC(=O)NN)CC1. The van der Waals surface area contributed by atoms with Crippen LogP contribution in [0.2, 0.25) is 0 Å². The van der Waals surface area contributed by atoms with E-state index in [1.54, 1.807) is 0 Å². The van der Waals surface area contributed by atoms with Crippen LogP contribution in [0.4, 0.5) is 0 Å². The van der Waals surface area contributed by atoms with E-state index in [1.807, 2.05) is 0 Å². The summed E-state index contributed by atoms with van der Waals surface area (Å²) in [7, 11) is 2.09. The van der Waals surface area contributed by atoms with Crippen LogP contribution >= 0.6 is 0 Å². The quantitative estimate of drug-likeness (QED) is 0.388. The maximum atomic E-state index is 11.0. The van der Waals surface area contributed by atoms with E-state index in [9.17, 15) is 4.79 Å². The Hall–Kier alpha value is -0.650. The van der Waals surface area contributed by atoms with Gasteiger partial charge in [-0.05, 0) is 39.5 Å². The molecule has 1 aliphatic heterocycles. The number of hydrazine groups is 1. The number of nitrogens with two attached hydrogens (primary N) is 1. The van der Waals surface area contributed by atoms with Crippen LogP contribution in [0, 0.1) is 0 Å². The summed E-state index contributed by atoms with van der Waals surface area (Å²) in [6.45, 7) is 6.49. The number of nitrogens with zero attached hydrogens (tertiary/aromatic N) is 2. The van der Waals surface area contributed by atoms with Gasteiger partial charge in [-0.3, -0.25) is 10.2 Å². The van der Waals surface area contributed by atoms with Crippen molar-refractivity contribution in [3.63, 3.8) is 0 Å². The van der Waals surface area contributed by atoms with Crippen molar-refractivity contribution in [1.82, 2.24) is 15.2 Å². The Morgan fingerprint density at radius 1 is 1.50 bits per heavy atom. The lowest BCUT2D eigenvalue weighted by Crippen LogP contribution is -2.44. The molecule has 1 saturated heterocycles. The maximum Gasteiger partial charge on any atom is 0.235 e. The molecule has 0 aromatic heterocycles. The predicted molar refractivity (Wildman–Crippen MR) is 64.7 cm³/mol. The molecule has 0 aliphatic carbocycles. The van der Waals surface area contributed by atoms with Gasteiger partial charge < -0.3 is 9.80 Å². The van der Waals surface area contributed by atoms with Gasteiger partial charge in [-0.15, -0.1) is 0 Å². The maximum absolute atomic E-state index is 11.0. The van der Waals surface area contributed by atoms with Crippen molar-refractivity contribution in [2.45, 2.75) is 32.2 Å². The molecular weight excluding hydrogens is 204 g/mol. The van der Waals surface area contributed by atoms with Gasteiger partial charge in [-0.2, -0.15) is 0 Å². The van der Waals surface area contributed by atoms with Crippen molar-refractivity contribution in [3.05, 3.63) is 0 Å². The minimum Gasteiger partial charge on any atom is -0.303 e. The van der Waals surface area contributed by atoms with Crippen molar-refractivity contribution in [1.29, 1.82) is 0 Å². The van der Waals surface area contributed by atoms with E-state index in [-0.39, 0.29) is 5.91 Å². The molecule has 1 heterocycles. The summed E-state index contributed by atoms with van der Waals surface area (Å²) in [6, 6.07) is 0.619. The van der Waals surface area contributed by atoms with Crippen LogP contribution in [0.1, 0.15) is 26.2 Å². The Labute approximate surface area is 97.9 Å². The first-order valence-corrected chi connectivity index (χ1v) is 6.09. The average molecular weight is 228 g/mol. The minimum absolute atomic E-state index is 0.0853. The molecule has 1 rings (SSSR count). The Kier molecular flexibility index (Phi) is 5.73. The van der Waals surface area contributed by atoms with Crippen LogP contribution in [0.5, 0.6) is 0 Å². The highest BCUT2D eigenvalue weighted by Crippen LogP contribution is 2.14. The van der Waals surface area contributed by atoms with Gasteiger partial charge in [0.15, 0.2) is 0 Å². The zero-order valence-electron chi connectivity index (χ0n) is 10.4. The van der Waals surface area contributed by atoms with Crippen LogP contribution in [0.25, 0.3) is 0 Å². The molecular formula is C11H24N4O. The summed E-state index contributed by atoms with van der Waals surface area (Å²) in [5, 5.41) is 0. The number of rotatable bonds is 5. The fraction of sp³-hybridized carbons (Fsp3) is 0.909. The van der Waals surface area contributed by atoms with Crippen LogP contribution in [0.15, 0.2) is 0 Å². The Bertz CT molecular complexity index is 214. The lowest BCUT2D eigenvalue weighted by atomic mass is 10.0. The number of hydrogen-bond donors (Lipinski definition) is 2. The van der Waals surface area contributed by atoms with Crippen molar-refractivity contribution in [2.24, 2.45) is 5.84 Å². The molecule has 3 N–H and O–H groups in total. The summed E-state index contributed by atoms with van der Waals surface area (Å²) in [4.78, 5) is 15.8. The molecule has 0 spiro atoms. The van der Waals surface area contributed by atoms with Crippen LogP contribution in [-0.4, -0.2) is 55.0 Å². The molecule has 0 aromatic rings. The van der Waals surface area contributed by atoms with E-state index in [0.717, 1.165) is 13.1 Å². The van der Waals surface area contributed by atoms with Crippen LogP contribution < -0.4 is 11.3 Å². The van der Waals surface area contributed by atoms with E-state index < -0.39 is 0 Å². The van der Waals surface area contributed by atoms with Gasteiger partial charge in [0, 0.05) is 19.0 Å². The Balaban J connectivity index is 2.22. The molecule has 0 saturated carbocycles. The van der Waals surface area contributed by atoms with E-state index in [4.69, 9.17) is 5.84 Å². The highest BCUT2D eigenvalue weighted by molar-refractivity contribution is 5.75. The second-order valence-corrected chi connectivity index (χ2v) is 4.46. The predicted octanol–water partition coefficient (Wildman–Crippen LogP) is -0.217. The third-order valence-corrected chi connectivity index (χ3v) is 3.48. The molecule has 0 unspecified atom stereocenters. The first-order valence-electron chi connectivity index (χ1n) is 6.09. The molecule has 1 aliphatic rings. The van der Waals surface area contributed by atoms with E-state index in [0.29, 0.717) is 12.5 Å². The second kappa shape index (κ2) is 6.83. The molecule has 16 heavy (non-hydrogen) atoms. The highest BCUT2D eigenvalue weighted by atomic mass is 16.2. The van der Waals surface area contributed by atoms with Crippen molar-refractivity contribution >= 4 is 5.91 Å². The van der Waals surface area contributed by atoms with Gasteiger partial charge in [0.05, 0.1) is 0 Å². The number of amides is 1. The van der Waals surface area contributed by atoms with Crippen LogP contribution in [0.3, 0.4) is 0 Å². The molecule has 1 fully saturated rings. The molecule has 0 aromatic carbocycles. The molecule has 0 radical (unpaired) electrons. The summed E-state index contributed by atoms with van der Waals surface area (Å²) in [5.74, 6) is 4.96. The molecule has 0 bridgehead atoms. The number of hydrogen-bond acceptors (Lipinski definition) is 4. The van der Waals surface area contributed by atoms with Gasteiger partial charge in [-0.25, -0.2) is 5.84 Å². The van der Waals surface area contributed by atoms with E-state index >= 15 is 0 Å². The molecule has 0 atom stereocenters. The number of carbonyl (C=O) groups is 1. The fourth-order valence-electron chi connectivity index (χ4n) is 2.21. The summed E-state index contributed by atoms with van der Waals surface area (Å²) < 4.78 is 0. The first-order chi connectivity index (χ1) is 7.67.